The largest absolute Gasteiger partial charge is 0.493 e. The molecule has 7 rings (SSSR count). The summed E-state index contributed by atoms with van der Waals surface area (Å²) in [5.74, 6) is 1.55. The van der Waals surface area contributed by atoms with E-state index in [4.69, 9.17) is 30.8 Å². The number of carbonyl (C=O) groups excluding carboxylic acids is 1. The van der Waals surface area contributed by atoms with Gasteiger partial charge in [0.15, 0.2) is 5.75 Å². The summed E-state index contributed by atoms with van der Waals surface area (Å²) in [6.45, 7) is 1.97. The number of hydrogen-bond acceptors (Lipinski definition) is 7. The molecule has 37 heavy (non-hydrogen) atoms. The quantitative estimate of drug-likeness (QED) is 0.327. The second kappa shape index (κ2) is 8.64. The van der Waals surface area contributed by atoms with E-state index in [1.165, 1.54) is 0 Å². The molecule has 10 heteroatoms. The third kappa shape index (κ3) is 3.77. The lowest BCUT2D eigenvalue weighted by molar-refractivity contribution is -0.0513. The summed E-state index contributed by atoms with van der Waals surface area (Å²) in [6, 6.07) is 11.3. The lowest BCUT2D eigenvalue weighted by Crippen LogP contribution is -2.32. The van der Waals surface area contributed by atoms with Crippen LogP contribution in [0.25, 0.3) is 22.3 Å². The van der Waals surface area contributed by atoms with Crippen LogP contribution in [0.1, 0.15) is 28.4 Å². The van der Waals surface area contributed by atoms with Crippen LogP contribution in [-0.2, 0) is 4.74 Å². The average Bonchev–Trinajstić information content (AvgIpc) is 3.55. The second-order valence-electron chi connectivity index (χ2n) is 9.62. The van der Waals surface area contributed by atoms with E-state index in [1.807, 2.05) is 30.3 Å². The van der Waals surface area contributed by atoms with E-state index in [9.17, 15) is 4.79 Å². The van der Waals surface area contributed by atoms with E-state index in [0.717, 1.165) is 28.9 Å². The number of anilines is 2. The number of halogens is 1. The molecule has 4 aromatic rings. The van der Waals surface area contributed by atoms with Gasteiger partial charge in [-0.15, -0.1) is 0 Å². The highest BCUT2D eigenvalue weighted by Crippen LogP contribution is 2.51. The van der Waals surface area contributed by atoms with Crippen molar-refractivity contribution in [3.63, 3.8) is 0 Å². The van der Waals surface area contributed by atoms with Gasteiger partial charge in [-0.05, 0) is 30.7 Å². The molecular formula is C27H24ClN5O4. The van der Waals surface area contributed by atoms with Gasteiger partial charge in [0.1, 0.15) is 5.52 Å². The fourth-order valence-corrected chi connectivity index (χ4v) is 5.35. The third-order valence-corrected chi connectivity index (χ3v) is 7.46. The number of ether oxygens (including phenoxy) is 3. The Bertz CT molecular complexity index is 1550. The fourth-order valence-electron chi connectivity index (χ4n) is 5.10. The van der Waals surface area contributed by atoms with E-state index in [2.05, 4.69) is 20.6 Å². The number of para-hydroxylation sites is 1. The summed E-state index contributed by atoms with van der Waals surface area (Å²) in [4.78, 5) is 26.1. The van der Waals surface area contributed by atoms with Crippen LogP contribution in [0.2, 0.25) is 5.02 Å². The van der Waals surface area contributed by atoms with Gasteiger partial charge in [0.2, 0.25) is 5.88 Å². The number of nitrogens with zero attached hydrogens (tertiary/aromatic N) is 2. The molecule has 2 aliphatic heterocycles. The van der Waals surface area contributed by atoms with Crippen molar-refractivity contribution in [2.24, 2.45) is 5.92 Å². The molecule has 0 bridgehead atoms. The van der Waals surface area contributed by atoms with Crippen LogP contribution in [0.4, 0.5) is 11.4 Å². The maximum atomic E-state index is 13.2. The predicted molar refractivity (Wildman–Crippen MR) is 139 cm³/mol. The number of rotatable bonds is 7. The summed E-state index contributed by atoms with van der Waals surface area (Å²) in [5.41, 5.74) is 5.78. The molecule has 1 aromatic carbocycles. The normalized spacial score (nSPS) is 20.0. The Morgan fingerprint density at radius 2 is 2.11 bits per heavy atom. The van der Waals surface area contributed by atoms with Gasteiger partial charge in [-0.3, -0.25) is 9.78 Å². The minimum Gasteiger partial charge on any atom is -0.493 e. The molecular weight excluding hydrogens is 494 g/mol. The maximum absolute atomic E-state index is 13.2. The zero-order chi connectivity index (χ0) is 25.1. The molecule has 3 aromatic heterocycles. The maximum Gasteiger partial charge on any atom is 0.255 e. The number of carbonyl (C=O) groups is 1. The van der Waals surface area contributed by atoms with Crippen LogP contribution >= 0.6 is 11.6 Å². The van der Waals surface area contributed by atoms with E-state index >= 15 is 0 Å². The van der Waals surface area contributed by atoms with Crippen molar-refractivity contribution >= 4 is 39.9 Å². The number of pyridine rings is 2. The number of H-pyrrole nitrogens is 1. The molecule has 0 spiro atoms. The highest BCUT2D eigenvalue weighted by molar-refractivity contribution is 6.32. The first-order valence-corrected chi connectivity index (χ1v) is 12.6. The Morgan fingerprint density at radius 1 is 1.22 bits per heavy atom. The molecule has 1 saturated heterocycles. The van der Waals surface area contributed by atoms with Gasteiger partial charge in [-0.1, -0.05) is 17.7 Å². The first-order valence-electron chi connectivity index (χ1n) is 12.2. The zero-order valence-corrected chi connectivity index (χ0v) is 20.8. The lowest BCUT2D eigenvalue weighted by Gasteiger charge is -2.25. The molecule has 2 fully saturated rings. The molecule has 3 aliphatic rings. The van der Waals surface area contributed by atoms with Crippen LogP contribution in [0.3, 0.4) is 0 Å². The minimum absolute atomic E-state index is 0.113. The van der Waals surface area contributed by atoms with Gasteiger partial charge in [-0.2, -0.15) is 0 Å². The molecule has 1 aliphatic carbocycles. The Morgan fingerprint density at radius 3 is 2.92 bits per heavy atom. The van der Waals surface area contributed by atoms with Crippen LogP contribution in [0.15, 0.2) is 42.6 Å². The lowest BCUT2D eigenvalue weighted by atomic mass is 10.0. The van der Waals surface area contributed by atoms with Gasteiger partial charge in [0.05, 0.1) is 60.1 Å². The summed E-state index contributed by atoms with van der Waals surface area (Å²) in [7, 11) is 1.57. The SMILES string of the molecule is COc1c(Cl)cccc1Nc1c(-c2ccnc3ccc(OCC4COC4)nc23)[nH]c2c1C(=O)N[C@@H]1C[C@H]21. The Balaban J connectivity index is 1.37. The highest BCUT2D eigenvalue weighted by atomic mass is 35.5. The van der Waals surface area contributed by atoms with Gasteiger partial charge in [0.25, 0.3) is 5.91 Å². The van der Waals surface area contributed by atoms with Crippen LogP contribution < -0.4 is 20.1 Å². The Labute approximate surface area is 217 Å². The molecule has 9 nitrogen and oxygen atoms in total. The van der Waals surface area contributed by atoms with Gasteiger partial charge >= 0.3 is 0 Å². The summed E-state index contributed by atoms with van der Waals surface area (Å²) >= 11 is 6.40. The zero-order valence-electron chi connectivity index (χ0n) is 20.0. The summed E-state index contributed by atoms with van der Waals surface area (Å²) in [5, 5.41) is 7.03. The van der Waals surface area contributed by atoms with Gasteiger partial charge in [-0.25, -0.2) is 4.98 Å². The van der Waals surface area contributed by atoms with Gasteiger partial charge < -0.3 is 29.8 Å². The summed E-state index contributed by atoms with van der Waals surface area (Å²) in [6.07, 6.45) is 2.66. The standard InChI is InChI=1S/C27H24ClN5O4/c1-35-26-16(28)3-2-4-18(26)30-25-21-23(15-9-19(15)31-27(21)34)33-24(25)14-7-8-29-17-5-6-20(32-22(14)17)37-12-13-10-36-11-13/h2-8,13,15,19,30,33H,9-12H2,1H3,(H,31,34)/t15-,19+/m0/s1. The van der Waals surface area contributed by atoms with Crippen LogP contribution in [0.5, 0.6) is 11.6 Å². The third-order valence-electron chi connectivity index (χ3n) is 7.17. The number of aromatic amines is 1. The van der Waals surface area contributed by atoms with Crippen molar-refractivity contribution in [2.75, 3.05) is 32.2 Å². The number of fused-ring (bicyclic) bond motifs is 4. The Kier molecular flexibility index (Phi) is 5.23. The van der Waals surface area contributed by atoms with Crippen molar-refractivity contribution in [1.29, 1.82) is 0 Å². The predicted octanol–water partition coefficient (Wildman–Crippen LogP) is 4.66. The number of aromatic nitrogens is 3. The number of benzene rings is 1. The molecule has 0 radical (unpaired) electrons. The first kappa shape index (κ1) is 22.4. The van der Waals surface area contributed by atoms with E-state index in [1.54, 1.807) is 19.4 Å². The average molecular weight is 518 g/mol. The minimum atomic E-state index is -0.113. The molecule has 188 valence electrons. The molecule has 1 saturated carbocycles. The first-order chi connectivity index (χ1) is 18.1. The fraction of sp³-hybridized carbons (Fsp3) is 0.296. The smallest absolute Gasteiger partial charge is 0.255 e. The van der Waals surface area contributed by atoms with E-state index in [0.29, 0.717) is 64.8 Å². The van der Waals surface area contributed by atoms with Crippen molar-refractivity contribution in [1.82, 2.24) is 20.3 Å². The molecule has 5 heterocycles. The van der Waals surface area contributed by atoms with Crippen LogP contribution in [-0.4, -0.2) is 53.8 Å². The number of methoxy groups -OCH3 is 1. The van der Waals surface area contributed by atoms with E-state index in [-0.39, 0.29) is 17.9 Å². The molecule has 3 N–H and O–H groups in total. The molecule has 2 atom stereocenters. The topological polar surface area (TPSA) is 110 Å². The highest BCUT2D eigenvalue weighted by Gasteiger charge is 2.48. The monoisotopic (exact) mass is 517 g/mol. The van der Waals surface area contributed by atoms with Crippen LogP contribution in [0, 0.1) is 5.92 Å². The Hall–Kier alpha value is -3.82. The molecule has 0 unspecified atom stereocenters. The van der Waals surface area contributed by atoms with Crippen molar-refractivity contribution < 1.29 is 19.0 Å². The van der Waals surface area contributed by atoms with Crippen molar-refractivity contribution in [3.05, 3.63) is 58.9 Å². The van der Waals surface area contributed by atoms with Crippen molar-refractivity contribution in [2.45, 2.75) is 18.4 Å². The number of hydrogen-bond donors (Lipinski definition) is 3. The van der Waals surface area contributed by atoms with E-state index < -0.39 is 0 Å². The number of nitrogens with one attached hydrogen (secondary N) is 3. The summed E-state index contributed by atoms with van der Waals surface area (Å²) < 4.78 is 16.8. The van der Waals surface area contributed by atoms with Crippen molar-refractivity contribution in [3.8, 4) is 22.9 Å². The molecule has 1 amide bonds. The van der Waals surface area contributed by atoms with Gasteiger partial charge in [0, 0.05) is 41.4 Å². The number of amides is 1. The second-order valence-corrected chi connectivity index (χ2v) is 10.0.